The second-order valence-electron chi connectivity index (χ2n) is 6.02. The SMILES string of the molecule is Cl.O=C(OCc1ccccc1)C1(c2ccc(Cl)c(Cl)c2)CCNCC1. The molecule has 25 heavy (non-hydrogen) atoms. The van der Waals surface area contributed by atoms with Crippen LogP contribution >= 0.6 is 35.6 Å². The second-order valence-corrected chi connectivity index (χ2v) is 6.84. The van der Waals surface area contributed by atoms with Gasteiger partial charge in [0, 0.05) is 0 Å². The fourth-order valence-corrected chi connectivity index (χ4v) is 3.42. The van der Waals surface area contributed by atoms with E-state index in [1.54, 1.807) is 12.1 Å². The maximum absolute atomic E-state index is 13.0. The van der Waals surface area contributed by atoms with E-state index in [0.717, 1.165) is 24.2 Å². The molecule has 0 saturated carbocycles. The molecule has 2 aromatic carbocycles. The Morgan fingerprint density at radius 3 is 2.36 bits per heavy atom. The third kappa shape index (κ3) is 4.48. The highest BCUT2D eigenvalue weighted by atomic mass is 35.5. The molecular formula is C19H20Cl3NO2. The molecule has 3 nitrogen and oxygen atoms in total. The van der Waals surface area contributed by atoms with E-state index in [0.29, 0.717) is 22.9 Å². The Kier molecular flexibility index (Phi) is 7.14. The average molecular weight is 401 g/mol. The van der Waals surface area contributed by atoms with Crippen molar-refractivity contribution in [3.63, 3.8) is 0 Å². The van der Waals surface area contributed by atoms with Crippen molar-refractivity contribution in [3.8, 4) is 0 Å². The first-order valence-corrected chi connectivity index (χ1v) is 8.75. The van der Waals surface area contributed by atoms with Crippen molar-refractivity contribution in [2.24, 2.45) is 0 Å². The predicted molar refractivity (Wildman–Crippen MR) is 104 cm³/mol. The lowest BCUT2D eigenvalue weighted by molar-refractivity contribution is -0.153. The highest BCUT2D eigenvalue weighted by molar-refractivity contribution is 6.42. The lowest BCUT2D eigenvalue weighted by Crippen LogP contribution is -2.46. The summed E-state index contributed by atoms with van der Waals surface area (Å²) in [4.78, 5) is 13.0. The minimum atomic E-state index is -0.672. The van der Waals surface area contributed by atoms with Gasteiger partial charge >= 0.3 is 5.97 Å². The average Bonchev–Trinajstić information content (AvgIpc) is 2.63. The lowest BCUT2D eigenvalue weighted by atomic mass is 9.73. The number of hydrogen-bond donors (Lipinski definition) is 1. The van der Waals surface area contributed by atoms with Crippen LogP contribution < -0.4 is 5.32 Å². The van der Waals surface area contributed by atoms with Crippen LogP contribution in [0.15, 0.2) is 48.5 Å². The topological polar surface area (TPSA) is 38.3 Å². The summed E-state index contributed by atoms with van der Waals surface area (Å²) >= 11 is 12.2. The number of carbonyl (C=O) groups excluding carboxylic acids is 1. The Hall–Kier alpha value is -1.26. The monoisotopic (exact) mass is 399 g/mol. The van der Waals surface area contributed by atoms with Crippen molar-refractivity contribution in [2.45, 2.75) is 24.9 Å². The van der Waals surface area contributed by atoms with Crippen molar-refractivity contribution < 1.29 is 9.53 Å². The number of esters is 1. The number of halogens is 3. The summed E-state index contributed by atoms with van der Waals surface area (Å²) in [5.74, 6) is -0.203. The van der Waals surface area contributed by atoms with Crippen molar-refractivity contribution >= 4 is 41.6 Å². The van der Waals surface area contributed by atoms with Crippen LogP contribution in [0, 0.1) is 0 Å². The normalized spacial score (nSPS) is 15.9. The summed E-state index contributed by atoms with van der Waals surface area (Å²) in [5, 5.41) is 4.25. The molecule has 1 N–H and O–H groups in total. The van der Waals surface area contributed by atoms with E-state index < -0.39 is 5.41 Å². The predicted octanol–water partition coefficient (Wildman–Crippen LogP) is 4.78. The Balaban J connectivity index is 0.00000225. The molecule has 0 atom stereocenters. The summed E-state index contributed by atoms with van der Waals surface area (Å²) in [6.45, 7) is 1.80. The first-order chi connectivity index (χ1) is 11.6. The molecule has 1 saturated heterocycles. The summed E-state index contributed by atoms with van der Waals surface area (Å²) < 4.78 is 5.65. The maximum Gasteiger partial charge on any atom is 0.316 e. The maximum atomic E-state index is 13.0. The fraction of sp³-hybridized carbons (Fsp3) is 0.316. The molecule has 0 aromatic heterocycles. The van der Waals surface area contributed by atoms with Crippen molar-refractivity contribution in [1.82, 2.24) is 5.32 Å². The van der Waals surface area contributed by atoms with Crippen molar-refractivity contribution in [2.75, 3.05) is 13.1 Å². The third-order valence-electron chi connectivity index (χ3n) is 4.53. The van der Waals surface area contributed by atoms with Gasteiger partial charge in [-0.1, -0.05) is 59.6 Å². The molecule has 0 radical (unpaired) electrons. The first-order valence-electron chi connectivity index (χ1n) is 7.99. The van der Waals surface area contributed by atoms with E-state index >= 15 is 0 Å². The summed E-state index contributed by atoms with van der Waals surface area (Å²) in [5.41, 5.74) is 1.18. The number of piperidine rings is 1. The zero-order valence-electron chi connectivity index (χ0n) is 13.6. The highest BCUT2D eigenvalue weighted by Crippen LogP contribution is 2.38. The van der Waals surface area contributed by atoms with Gasteiger partial charge in [0.05, 0.1) is 15.5 Å². The van der Waals surface area contributed by atoms with Crippen molar-refractivity contribution in [1.29, 1.82) is 0 Å². The van der Waals surface area contributed by atoms with Gasteiger partial charge in [-0.3, -0.25) is 4.79 Å². The lowest BCUT2D eigenvalue weighted by Gasteiger charge is -2.36. The van der Waals surface area contributed by atoms with Gasteiger partial charge < -0.3 is 10.1 Å². The molecule has 1 heterocycles. The molecule has 0 aliphatic carbocycles. The standard InChI is InChI=1S/C19H19Cl2NO2.ClH/c20-16-7-6-15(12-17(16)21)19(8-10-22-11-9-19)18(23)24-13-14-4-2-1-3-5-14;/h1-7,12,22H,8-11,13H2;1H. The second kappa shape index (κ2) is 8.91. The van der Waals surface area contributed by atoms with Crippen LogP contribution in [-0.4, -0.2) is 19.1 Å². The van der Waals surface area contributed by atoms with Gasteiger partial charge in [-0.15, -0.1) is 12.4 Å². The number of rotatable bonds is 4. The number of ether oxygens (including phenoxy) is 1. The van der Waals surface area contributed by atoms with Crippen LogP contribution in [0.2, 0.25) is 10.0 Å². The number of benzene rings is 2. The molecule has 134 valence electrons. The quantitative estimate of drug-likeness (QED) is 0.751. The Morgan fingerprint density at radius 2 is 1.72 bits per heavy atom. The van der Waals surface area contributed by atoms with Gasteiger partial charge in [0.25, 0.3) is 0 Å². The summed E-state index contributed by atoms with van der Waals surface area (Å²) in [6.07, 6.45) is 1.36. The molecule has 0 unspecified atom stereocenters. The third-order valence-corrected chi connectivity index (χ3v) is 5.27. The Morgan fingerprint density at radius 1 is 1.04 bits per heavy atom. The highest BCUT2D eigenvalue weighted by Gasteiger charge is 2.43. The Bertz CT molecular complexity index is 716. The Labute approximate surface area is 164 Å². The van der Waals surface area contributed by atoms with Crippen molar-refractivity contribution in [3.05, 3.63) is 69.7 Å². The minimum absolute atomic E-state index is 0. The molecule has 0 amide bonds. The van der Waals surface area contributed by atoms with E-state index in [1.807, 2.05) is 36.4 Å². The molecule has 6 heteroatoms. The molecule has 3 rings (SSSR count). The van der Waals surface area contributed by atoms with Crippen LogP contribution in [0.5, 0.6) is 0 Å². The molecular weight excluding hydrogens is 381 g/mol. The van der Waals surface area contributed by atoms with Crippen LogP contribution in [0.1, 0.15) is 24.0 Å². The zero-order valence-corrected chi connectivity index (χ0v) is 16.0. The van der Waals surface area contributed by atoms with E-state index in [1.165, 1.54) is 0 Å². The first kappa shape index (κ1) is 20.1. The van der Waals surface area contributed by atoms with E-state index in [2.05, 4.69) is 5.32 Å². The fourth-order valence-electron chi connectivity index (χ4n) is 3.12. The van der Waals surface area contributed by atoms with Crippen LogP contribution in [0.3, 0.4) is 0 Å². The number of carbonyl (C=O) groups is 1. The zero-order chi connectivity index (χ0) is 17.0. The summed E-state index contributed by atoms with van der Waals surface area (Å²) in [7, 11) is 0. The smallest absolute Gasteiger partial charge is 0.316 e. The van der Waals surface area contributed by atoms with Gasteiger partial charge in [0.2, 0.25) is 0 Å². The summed E-state index contributed by atoms with van der Waals surface area (Å²) in [6, 6.07) is 15.1. The number of nitrogens with one attached hydrogen (secondary N) is 1. The van der Waals surface area contributed by atoms with Gasteiger partial charge in [-0.25, -0.2) is 0 Å². The van der Waals surface area contributed by atoms with Gasteiger partial charge in [-0.05, 0) is 49.2 Å². The molecule has 1 fully saturated rings. The number of hydrogen-bond acceptors (Lipinski definition) is 3. The van der Waals surface area contributed by atoms with E-state index in [-0.39, 0.29) is 25.0 Å². The van der Waals surface area contributed by atoms with Crippen LogP contribution in [0.25, 0.3) is 0 Å². The largest absolute Gasteiger partial charge is 0.460 e. The van der Waals surface area contributed by atoms with Gasteiger partial charge in [-0.2, -0.15) is 0 Å². The van der Waals surface area contributed by atoms with Crippen LogP contribution in [0.4, 0.5) is 0 Å². The van der Waals surface area contributed by atoms with E-state index in [9.17, 15) is 4.79 Å². The molecule has 1 aliphatic rings. The van der Waals surface area contributed by atoms with Crippen LogP contribution in [-0.2, 0) is 21.6 Å². The molecule has 2 aromatic rings. The molecule has 1 aliphatic heterocycles. The van der Waals surface area contributed by atoms with Gasteiger partial charge in [0.15, 0.2) is 0 Å². The minimum Gasteiger partial charge on any atom is -0.460 e. The van der Waals surface area contributed by atoms with Gasteiger partial charge in [0.1, 0.15) is 6.61 Å². The van der Waals surface area contributed by atoms with E-state index in [4.69, 9.17) is 27.9 Å². The molecule has 0 spiro atoms. The molecule has 0 bridgehead atoms.